The smallest absolute Gasteiger partial charge is 0.220 e. The van der Waals surface area contributed by atoms with Crippen LogP contribution in [-0.2, 0) is 4.79 Å². The molecule has 1 N–H and O–H groups in total. The van der Waals surface area contributed by atoms with Crippen molar-refractivity contribution in [1.29, 1.82) is 0 Å². The number of benzene rings is 1. The molecule has 3 rings (SSSR count). The van der Waals surface area contributed by atoms with Crippen LogP contribution in [-0.4, -0.2) is 5.91 Å². The van der Waals surface area contributed by atoms with Gasteiger partial charge in [-0.25, -0.2) is 0 Å². The predicted molar refractivity (Wildman–Crippen MR) is 84.0 cm³/mol. The van der Waals surface area contributed by atoms with Gasteiger partial charge in [-0.1, -0.05) is 37.5 Å². The van der Waals surface area contributed by atoms with E-state index in [2.05, 4.69) is 5.32 Å². The van der Waals surface area contributed by atoms with Gasteiger partial charge in [0.05, 0.1) is 6.04 Å². The van der Waals surface area contributed by atoms with E-state index in [1.165, 1.54) is 32.1 Å². The van der Waals surface area contributed by atoms with Gasteiger partial charge in [0.1, 0.15) is 11.3 Å². The number of fused-ring (bicyclic) bond motifs is 1. The van der Waals surface area contributed by atoms with Crippen molar-refractivity contribution in [3.8, 4) is 0 Å². The Labute approximate surface area is 125 Å². The van der Waals surface area contributed by atoms with Crippen LogP contribution in [0.1, 0.15) is 57.3 Å². The quantitative estimate of drug-likeness (QED) is 0.893. The van der Waals surface area contributed by atoms with Gasteiger partial charge in [0.25, 0.3) is 0 Å². The molecule has 1 aliphatic carbocycles. The van der Waals surface area contributed by atoms with Crippen molar-refractivity contribution < 1.29 is 9.21 Å². The average molecular weight is 285 g/mol. The SMILES string of the molecule is CC(NC(=O)CC1CCCCC1)c1cc2ccccc2o1. The Morgan fingerprint density at radius 1 is 1.29 bits per heavy atom. The first-order valence-corrected chi connectivity index (χ1v) is 8.00. The maximum Gasteiger partial charge on any atom is 0.220 e. The predicted octanol–water partition coefficient (Wildman–Crippen LogP) is 4.58. The van der Waals surface area contributed by atoms with Crippen LogP contribution in [0.2, 0.25) is 0 Å². The van der Waals surface area contributed by atoms with Gasteiger partial charge in [0, 0.05) is 11.8 Å². The number of para-hydroxylation sites is 1. The standard InChI is InChI=1S/C18H23NO2/c1-13(17-12-15-9-5-6-10-16(15)21-17)19-18(20)11-14-7-3-2-4-8-14/h5-6,9-10,12-14H,2-4,7-8,11H2,1H3,(H,19,20). The fourth-order valence-electron chi connectivity index (χ4n) is 3.24. The highest BCUT2D eigenvalue weighted by Crippen LogP contribution is 2.27. The number of rotatable bonds is 4. The van der Waals surface area contributed by atoms with E-state index in [1.54, 1.807) is 0 Å². The molecule has 1 saturated carbocycles. The summed E-state index contributed by atoms with van der Waals surface area (Å²) in [5.74, 6) is 1.55. The summed E-state index contributed by atoms with van der Waals surface area (Å²) in [7, 11) is 0. The Morgan fingerprint density at radius 2 is 2.05 bits per heavy atom. The Kier molecular flexibility index (Phi) is 4.28. The van der Waals surface area contributed by atoms with E-state index in [0.717, 1.165) is 16.7 Å². The van der Waals surface area contributed by atoms with Crippen molar-refractivity contribution in [3.63, 3.8) is 0 Å². The number of amides is 1. The largest absolute Gasteiger partial charge is 0.459 e. The van der Waals surface area contributed by atoms with E-state index in [-0.39, 0.29) is 11.9 Å². The van der Waals surface area contributed by atoms with Crippen LogP contribution in [0.25, 0.3) is 11.0 Å². The summed E-state index contributed by atoms with van der Waals surface area (Å²) in [6, 6.07) is 9.87. The molecule has 1 aromatic carbocycles. The normalized spacial score (nSPS) is 17.8. The van der Waals surface area contributed by atoms with E-state index in [0.29, 0.717) is 12.3 Å². The summed E-state index contributed by atoms with van der Waals surface area (Å²) in [5, 5.41) is 4.16. The van der Waals surface area contributed by atoms with Crippen molar-refractivity contribution in [2.24, 2.45) is 5.92 Å². The second-order valence-corrected chi connectivity index (χ2v) is 6.18. The topological polar surface area (TPSA) is 42.2 Å². The van der Waals surface area contributed by atoms with Crippen molar-refractivity contribution in [2.75, 3.05) is 0 Å². The lowest BCUT2D eigenvalue weighted by Gasteiger charge is -2.21. The van der Waals surface area contributed by atoms with E-state index < -0.39 is 0 Å². The molecule has 0 radical (unpaired) electrons. The van der Waals surface area contributed by atoms with Crippen LogP contribution in [0.15, 0.2) is 34.7 Å². The lowest BCUT2D eigenvalue weighted by atomic mass is 9.87. The molecular formula is C18H23NO2. The highest BCUT2D eigenvalue weighted by Gasteiger charge is 2.19. The van der Waals surface area contributed by atoms with Crippen molar-refractivity contribution in [2.45, 2.75) is 51.5 Å². The fourth-order valence-corrected chi connectivity index (χ4v) is 3.24. The summed E-state index contributed by atoms with van der Waals surface area (Å²) >= 11 is 0. The fraction of sp³-hybridized carbons (Fsp3) is 0.500. The molecular weight excluding hydrogens is 262 g/mol. The number of hydrogen-bond donors (Lipinski definition) is 1. The van der Waals surface area contributed by atoms with Gasteiger partial charge < -0.3 is 9.73 Å². The zero-order chi connectivity index (χ0) is 14.7. The first-order valence-electron chi connectivity index (χ1n) is 8.00. The Hall–Kier alpha value is -1.77. The molecule has 21 heavy (non-hydrogen) atoms. The molecule has 112 valence electrons. The van der Waals surface area contributed by atoms with E-state index in [4.69, 9.17) is 4.42 Å². The second kappa shape index (κ2) is 6.33. The number of carbonyl (C=O) groups excluding carboxylic acids is 1. The Bertz CT molecular complexity index is 577. The van der Waals surface area contributed by atoms with Crippen molar-refractivity contribution >= 4 is 16.9 Å². The lowest BCUT2D eigenvalue weighted by molar-refractivity contribution is -0.123. The maximum atomic E-state index is 12.2. The maximum absolute atomic E-state index is 12.2. The molecule has 0 saturated heterocycles. The minimum atomic E-state index is -0.0755. The summed E-state index contributed by atoms with van der Waals surface area (Å²) in [6.45, 7) is 1.98. The van der Waals surface area contributed by atoms with Crippen LogP contribution in [0.5, 0.6) is 0 Å². The molecule has 0 bridgehead atoms. The third-order valence-electron chi connectivity index (χ3n) is 4.45. The van der Waals surface area contributed by atoms with Gasteiger partial charge in [-0.15, -0.1) is 0 Å². The van der Waals surface area contributed by atoms with Crippen LogP contribution < -0.4 is 5.32 Å². The van der Waals surface area contributed by atoms with E-state index in [9.17, 15) is 4.79 Å². The minimum absolute atomic E-state index is 0.0755. The Balaban J connectivity index is 1.59. The molecule has 2 aromatic rings. The zero-order valence-electron chi connectivity index (χ0n) is 12.6. The molecule has 3 heteroatoms. The van der Waals surface area contributed by atoms with Gasteiger partial charge in [-0.3, -0.25) is 4.79 Å². The molecule has 1 fully saturated rings. The van der Waals surface area contributed by atoms with Crippen LogP contribution >= 0.6 is 0 Å². The molecule has 0 aliphatic heterocycles. The number of furan rings is 1. The third kappa shape index (κ3) is 3.46. The highest BCUT2D eigenvalue weighted by molar-refractivity contribution is 5.79. The summed E-state index contributed by atoms with van der Waals surface area (Å²) in [4.78, 5) is 12.2. The molecule has 1 aliphatic rings. The van der Waals surface area contributed by atoms with E-state index >= 15 is 0 Å². The van der Waals surface area contributed by atoms with Gasteiger partial charge in [-0.05, 0) is 37.8 Å². The molecule has 3 nitrogen and oxygen atoms in total. The molecule has 1 heterocycles. The molecule has 0 spiro atoms. The van der Waals surface area contributed by atoms with Gasteiger partial charge >= 0.3 is 0 Å². The zero-order valence-corrected chi connectivity index (χ0v) is 12.6. The van der Waals surface area contributed by atoms with Crippen molar-refractivity contribution in [3.05, 3.63) is 36.1 Å². The summed E-state index contributed by atoms with van der Waals surface area (Å²) in [6.07, 6.45) is 6.94. The van der Waals surface area contributed by atoms with Gasteiger partial charge in [-0.2, -0.15) is 0 Å². The first-order chi connectivity index (χ1) is 10.2. The van der Waals surface area contributed by atoms with Crippen LogP contribution in [0, 0.1) is 5.92 Å². The lowest BCUT2D eigenvalue weighted by Crippen LogP contribution is -2.28. The van der Waals surface area contributed by atoms with Gasteiger partial charge in [0.15, 0.2) is 0 Å². The average Bonchev–Trinajstić information content (AvgIpc) is 2.92. The molecule has 1 amide bonds. The minimum Gasteiger partial charge on any atom is -0.459 e. The first kappa shape index (κ1) is 14.2. The molecule has 1 aromatic heterocycles. The number of nitrogens with one attached hydrogen (secondary N) is 1. The summed E-state index contributed by atoms with van der Waals surface area (Å²) in [5.41, 5.74) is 0.876. The van der Waals surface area contributed by atoms with Crippen LogP contribution in [0.4, 0.5) is 0 Å². The van der Waals surface area contributed by atoms with Gasteiger partial charge in [0.2, 0.25) is 5.91 Å². The monoisotopic (exact) mass is 285 g/mol. The molecule has 1 atom stereocenters. The highest BCUT2D eigenvalue weighted by atomic mass is 16.3. The summed E-state index contributed by atoms with van der Waals surface area (Å²) < 4.78 is 5.81. The number of hydrogen-bond acceptors (Lipinski definition) is 2. The van der Waals surface area contributed by atoms with Crippen molar-refractivity contribution in [1.82, 2.24) is 5.32 Å². The van der Waals surface area contributed by atoms with E-state index in [1.807, 2.05) is 37.3 Å². The number of carbonyl (C=O) groups is 1. The second-order valence-electron chi connectivity index (χ2n) is 6.18. The van der Waals surface area contributed by atoms with Crippen LogP contribution in [0.3, 0.4) is 0 Å². The third-order valence-corrected chi connectivity index (χ3v) is 4.45. The molecule has 1 unspecified atom stereocenters. The Morgan fingerprint density at radius 3 is 2.81 bits per heavy atom.